The molecule has 0 aliphatic heterocycles. The minimum atomic E-state index is -0.509. The van der Waals surface area contributed by atoms with Crippen LogP contribution in [-0.2, 0) is 0 Å². The smallest absolute Gasteiger partial charge is 0.293 e. The predicted octanol–water partition coefficient (Wildman–Crippen LogP) is 2.02. The second kappa shape index (κ2) is 6.00. The minimum absolute atomic E-state index is 0.102. The Balaban J connectivity index is 2.94. The summed E-state index contributed by atoms with van der Waals surface area (Å²) in [6.07, 6.45) is 0. The van der Waals surface area contributed by atoms with E-state index in [9.17, 15) is 14.9 Å². The van der Waals surface area contributed by atoms with Gasteiger partial charge in [-0.15, -0.1) is 0 Å². The maximum absolute atomic E-state index is 11.8. The first-order valence-electron chi connectivity index (χ1n) is 5.70. The van der Waals surface area contributed by atoms with Gasteiger partial charge in [0.25, 0.3) is 11.6 Å². The molecule has 0 spiro atoms. The minimum Gasteiger partial charge on any atom is -0.383 e. The fourth-order valence-corrected chi connectivity index (χ4v) is 1.43. The van der Waals surface area contributed by atoms with Crippen molar-refractivity contribution in [3.8, 4) is 0 Å². The van der Waals surface area contributed by atoms with Crippen molar-refractivity contribution >= 4 is 17.3 Å². The molecule has 6 heteroatoms. The number of nitrogens with one attached hydrogen (secondary N) is 2. The largest absolute Gasteiger partial charge is 0.383 e. The number of benzene rings is 1. The summed E-state index contributed by atoms with van der Waals surface area (Å²) in [4.78, 5) is 22.1. The summed E-state index contributed by atoms with van der Waals surface area (Å²) >= 11 is 0. The summed E-state index contributed by atoms with van der Waals surface area (Å²) in [5, 5.41) is 16.3. The van der Waals surface area contributed by atoms with E-state index < -0.39 is 4.92 Å². The van der Waals surface area contributed by atoms with Crippen molar-refractivity contribution in [3.63, 3.8) is 0 Å². The molecule has 1 aromatic carbocycles. The van der Waals surface area contributed by atoms with Gasteiger partial charge in [0.2, 0.25) is 0 Å². The second-order valence-electron chi connectivity index (χ2n) is 4.34. The lowest BCUT2D eigenvalue weighted by atomic mass is 10.1. The van der Waals surface area contributed by atoms with Crippen LogP contribution in [0.25, 0.3) is 0 Å². The number of rotatable bonds is 5. The Kier molecular flexibility index (Phi) is 4.65. The molecule has 1 amide bonds. The quantitative estimate of drug-likeness (QED) is 0.619. The van der Waals surface area contributed by atoms with Crippen molar-refractivity contribution in [3.05, 3.63) is 33.9 Å². The van der Waals surface area contributed by atoms with Crippen LogP contribution in [0, 0.1) is 16.0 Å². The lowest BCUT2D eigenvalue weighted by molar-refractivity contribution is -0.384. The predicted molar refractivity (Wildman–Crippen MR) is 69.8 cm³/mol. The molecule has 6 nitrogen and oxygen atoms in total. The zero-order valence-electron chi connectivity index (χ0n) is 10.7. The summed E-state index contributed by atoms with van der Waals surface area (Å²) < 4.78 is 0. The van der Waals surface area contributed by atoms with E-state index in [-0.39, 0.29) is 11.6 Å². The van der Waals surface area contributed by atoms with Crippen LogP contribution in [0.2, 0.25) is 0 Å². The summed E-state index contributed by atoms with van der Waals surface area (Å²) in [7, 11) is 1.60. The van der Waals surface area contributed by atoms with Crippen LogP contribution < -0.4 is 10.6 Å². The van der Waals surface area contributed by atoms with Gasteiger partial charge in [-0.3, -0.25) is 14.9 Å². The number of nitro groups is 1. The highest BCUT2D eigenvalue weighted by atomic mass is 16.6. The second-order valence-corrected chi connectivity index (χ2v) is 4.34. The van der Waals surface area contributed by atoms with Crippen LogP contribution in [0.4, 0.5) is 11.4 Å². The topological polar surface area (TPSA) is 84.3 Å². The van der Waals surface area contributed by atoms with Crippen LogP contribution in [0.1, 0.15) is 24.2 Å². The molecular weight excluding hydrogens is 234 g/mol. The zero-order valence-corrected chi connectivity index (χ0v) is 10.7. The van der Waals surface area contributed by atoms with E-state index in [1.807, 2.05) is 13.8 Å². The molecule has 18 heavy (non-hydrogen) atoms. The standard InChI is InChI=1S/C12H17N3O3/c1-8(2)7-14-12(16)9-4-5-10(13-3)11(6-9)15(17)18/h4-6,8,13H,7H2,1-3H3,(H,14,16). The summed E-state index contributed by atoms with van der Waals surface area (Å²) in [5.41, 5.74) is 0.580. The summed E-state index contributed by atoms with van der Waals surface area (Å²) in [6.45, 7) is 4.50. The monoisotopic (exact) mass is 251 g/mol. The third-order valence-electron chi connectivity index (χ3n) is 2.40. The number of nitro benzene ring substituents is 1. The van der Waals surface area contributed by atoms with E-state index in [1.54, 1.807) is 13.1 Å². The van der Waals surface area contributed by atoms with Crippen molar-refractivity contribution in [1.82, 2.24) is 5.32 Å². The number of hydrogen-bond donors (Lipinski definition) is 2. The number of carbonyl (C=O) groups is 1. The lowest BCUT2D eigenvalue weighted by Crippen LogP contribution is -2.27. The van der Waals surface area contributed by atoms with Crippen molar-refractivity contribution in [2.24, 2.45) is 5.92 Å². The first-order chi connectivity index (χ1) is 8.45. The van der Waals surface area contributed by atoms with Crippen molar-refractivity contribution in [2.75, 3.05) is 18.9 Å². The van der Waals surface area contributed by atoms with Gasteiger partial charge in [0, 0.05) is 25.2 Å². The number of nitrogens with zero attached hydrogens (tertiary/aromatic N) is 1. The molecule has 0 atom stereocenters. The van der Waals surface area contributed by atoms with Crippen molar-refractivity contribution < 1.29 is 9.72 Å². The van der Waals surface area contributed by atoms with E-state index in [0.717, 1.165) is 0 Å². The van der Waals surface area contributed by atoms with E-state index in [2.05, 4.69) is 10.6 Å². The number of amides is 1. The SMILES string of the molecule is CNc1ccc(C(=O)NCC(C)C)cc1[N+](=O)[O-]. The molecule has 0 aromatic heterocycles. The fraction of sp³-hybridized carbons (Fsp3) is 0.417. The fourth-order valence-electron chi connectivity index (χ4n) is 1.43. The Morgan fingerprint density at radius 3 is 2.61 bits per heavy atom. The number of carbonyl (C=O) groups excluding carboxylic acids is 1. The van der Waals surface area contributed by atoms with Gasteiger partial charge in [0.05, 0.1) is 4.92 Å². The van der Waals surface area contributed by atoms with Crippen LogP contribution in [0.5, 0.6) is 0 Å². The first kappa shape index (κ1) is 14.0. The van der Waals surface area contributed by atoms with Crippen molar-refractivity contribution in [2.45, 2.75) is 13.8 Å². The van der Waals surface area contributed by atoms with Crippen LogP contribution >= 0.6 is 0 Å². The Morgan fingerprint density at radius 1 is 1.44 bits per heavy atom. The maximum Gasteiger partial charge on any atom is 0.293 e. The molecule has 0 aliphatic carbocycles. The molecular formula is C12H17N3O3. The van der Waals surface area contributed by atoms with Crippen LogP contribution in [-0.4, -0.2) is 24.4 Å². The molecule has 0 fully saturated rings. The summed E-state index contributed by atoms with van der Waals surface area (Å²) in [6, 6.07) is 4.37. The van der Waals surface area contributed by atoms with Crippen molar-refractivity contribution in [1.29, 1.82) is 0 Å². The maximum atomic E-state index is 11.8. The molecule has 0 aliphatic rings. The van der Waals surface area contributed by atoms with Gasteiger partial charge < -0.3 is 10.6 Å². The molecule has 0 bridgehead atoms. The summed E-state index contributed by atoms with van der Waals surface area (Å²) in [5.74, 6) is 0.0370. The molecule has 0 heterocycles. The molecule has 0 saturated heterocycles. The van der Waals surface area contributed by atoms with Gasteiger partial charge in [0.1, 0.15) is 5.69 Å². The van der Waals surface area contributed by atoms with Gasteiger partial charge in [-0.1, -0.05) is 13.8 Å². The van der Waals surface area contributed by atoms with E-state index in [0.29, 0.717) is 23.7 Å². The van der Waals surface area contributed by atoms with Gasteiger partial charge in [-0.25, -0.2) is 0 Å². The molecule has 1 rings (SSSR count). The number of anilines is 1. The molecule has 1 aromatic rings. The third kappa shape index (κ3) is 3.44. The Labute approximate surface area is 106 Å². The van der Waals surface area contributed by atoms with Gasteiger partial charge in [-0.05, 0) is 18.1 Å². The lowest BCUT2D eigenvalue weighted by Gasteiger charge is -2.08. The first-order valence-corrected chi connectivity index (χ1v) is 5.70. The molecule has 0 saturated carbocycles. The highest BCUT2D eigenvalue weighted by molar-refractivity contribution is 5.95. The van der Waals surface area contributed by atoms with E-state index in [4.69, 9.17) is 0 Å². The third-order valence-corrected chi connectivity index (χ3v) is 2.40. The van der Waals surface area contributed by atoms with Crippen LogP contribution in [0.15, 0.2) is 18.2 Å². The zero-order chi connectivity index (χ0) is 13.7. The average molecular weight is 251 g/mol. The molecule has 98 valence electrons. The molecule has 2 N–H and O–H groups in total. The number of hydrogen-bond acceptors (Lipinski definition) is 4. The highest BCUT2D eigenvalue weighted by Crippen LogP contribution is 2.24. The average Bonchev–Trinajstić information content (AvgIpc) is 2.34. The normalized spacial score (nSPS) is 10.2. The van der Waals surface area contributed by atoms with E-state index in [1.165, 1.54) is 12.1 Å². The Bertz CT molecular complexity index is 458. The Hall–Kier alpha value is -2.11. The van der Waals surface area contributed by atoms with Gasteiger partial charge in [0.15, 0.2) is 0 Å². The van der Waals surface area contributed by atoms with Crippen LogP contribution in [0.3, 0.4) is 0 Å². The van der Waals surface area contributed by atoms with E-state index >= 15 is 0 Å². The molecule has 0 unspecified atom stereocenters. The van der Waals surface area contributed by atoms with Gasteiger partial charge >= 0.3 is 0 Å². The highest BCUT2D eigenvalue weighted by Gasteiger charge is 2.16. The van der Waals surface area contributed by atoms with Gasteiger partial charge in [-0.2, -0.15) is 0 Å². The Morgan fingerprint density at radius 2 is 2.11 bits per heavy atom. The molecule has 0 radical (unpaired) electrons.